The molecule has 0 saturated carbocycles. The van der Waals surface area contributed by atoms with E-state index in [4.69, 9.17) is 9.26 Å². The monoisotopic (exact) mass is 258 g/mol. The number of ether oxygens (including phenoxy) is 1. The fourth-order valence-corrected chi connectivity index (χ4v) is 1.46. The van der Waals surface area contributed by atoms with Crippen molar-refractivity contribution in [1.29, 1.82) is 0 Å². The van der Waals surface area contributed by atoms with Crippen molar-refractivity contribution in [2.75, 3.05) is 7.11 Å². The van der Waals surface area contributed by atoms with Crippen LogP contribution in [0.15, 0.2) is 22.7 Å². The van der Waals surface area contributed by atoms with Gasteiger partial charge in [0, 0.05) is 0 Å². The maximum Gasteiger partial charge on any atom is 0.416 e. The average molecular weight is 258 g/mol. The van der Waals surface area contributed by atoms with E-state index in [1.807, 2.05) is 0 Å². The number of aryl methyl sites for hydroxylation is 1. The molecule has 1 aromatic heterocycles. The second-order valence-corrected chi connectivity index (χ2v) is 3.56. The van der Waals surface area contributed by atoms with Crippen LogP contribution >= 0.6 is 0 Å². The van der Waals surface area contributed by atoms with Crippen molar-refractivity contribution >= 4 is 0 Å². The van der Waals surface area contributed by atoms with Crippen molar-refractivity contribution in [3.8, 4) is 17.2 Å². The molecule has 0 atom stereocenters. The van der Waals surface area contributed by atoms with Crippen LogP contribution in [0.5, 0.6) is 5.75 Å². The number of aromatic nitrogens is 2. The van der Waals surface area contributed by atoms with E-state index in [1.54, 1.807) is 6.92 Å². The molecule has 4 nitrogen and oxygen atoms in total. The first-order chi connectivity index (χ1) is 8.41. The predicted octanol–water partition coefficient (Wildman–Crippen LogP) is 3.07. The Morgan fingerprint density at radius 2 is 2.00 bits per heavy atom. The Morgan fingerprint density at radius 1 is 1.28 bits per heavy atom. The van der Waals surface area contributed by atoms with Crippen molar-refractivity contribution in [2.24, 2.45) is 0 Å². The van der Waals surface area contributed by atoms with Crippen molar-refractivity contribution in [3.63, 3.8) is 0 Å². The molecular weight excluding hydrogens is 249 g/mol. The zero-order valence-electron chi connectivity index (χ0n) is 9.58. The third-order valence-corrected chi connectivity index (χ3v) is 2.28. The van der Waals surface area contributed by atoms with Crippen molar-refractivity contribution in [1.82, 2.24) is 10.1 Å². The lowest BCUT2D eigenvalue weighted by molar-refractivity contribution is -0.137. The number of hydrogen-bond acceptors (Lipinski definition) is 4. The average Bonchev–Trinajstić information content (AvgIpc) is 2.73. The van der Waals surface area contributed by atoms with E-state index in [9.17, 15) is 13.2 Å². The quantitative estimate of drug-likeness (QED) is 0.830. The minimum atomic E-state index is -4.43. The highest BCUT2D eigenvalue weighted by Gasteiger charge is 2.32. The summed E-state index contributed by atoms with van der Waals surface area (Å²) in [5.74, 6) is 0.576. The molecular formula is C11H9F3N2O2. The van der Waals surface area contributed by atoms with Gasteiger partial charge >= 0.3 is 6.18 Å². The number of benzene rings is 1. The number of rotatable bonds is 2. The van der Waals surface area contributed by atoms with Gasteiger partial charge in [0.05, 0.1) is 18.2 Å². The van der Waals surface area contributed by atoms with Crippen LogP contribution in [-0.2, 0) is 6.18 Å². The maximum atomic E-state index is 12.6. The first kappa shape index (κ1) is 12.4. The van der Waals surface area contributed by atoms with Crippen molar-refractivity contribution in [3.05, 3.63) is 29.6 Å². The molecule has 18 heavy (non-hydrogen) atoms. The molecule has 96 valence electrons. The van der Waals surface area contributed by atoms with Gasteiger partial charge in [-0.05, 0) is 25.1 Å². The summed E-state index contributed by atoms with van der Waals surface area (Å²) in [6.45, 7) is 1.58. The van der Waals surface area contributed by atoms with Crippen LogP contribution in [0.1, 0.15) is 11.4 Å². The zero-order chi connectivity index (χ0) is 13.3. The Labute approximate surface area is 100 Å². The smallest absolute Gasteiger partial charge is 0.416 e. The summed E-state index contributed by atoms with van der Waals surface area (Å²) in [5.41, 5.74) is -0.679. The van der Waals surface area contributed by atoms with Crippen LogP contribution in [0.3, 0.4) is 0 Å². The van der Waals surface area contributed by atoms with E-state index >= 15 is 0 Å². The Hall–Kier alpha value is -2.05. The Bertz CT molecular complexity index is 564. The lowest BCUT2D eigenvalue weighted by Gasteiger charge is -2.10. The molecule has 7 heteroatoms. The third-order valence-electron chi connectivity index (χ3n) is 2.28. The standard InChI is InChI=1S/C11H9F3N2O2/c1-6-15-10(18-16-6)8-5-7(11(12,13)14)3-4-9(8)17-2/h3-5H,1-2H3. The molecule has 0 unspecified atom stereocenters. The highest BCUT2D eigenvalue weighted by Crippen LogP contribution is 2.36. The van der Waals surface area contributed by atoms with Gasteiger partial charge < -0.3 is 9.26 Å². The van der Waals surface area contributed by atoms with Gasteiger partial charge in [-0.25, -0.2) is 0 Å². The predicted molar refractivity (Wildman–Crippen MR) is 56.0 cm³/mol. The molecule has 0 aliphatic rings. The van der Waals surface area contributed by atoms with Crippen LogP contribution in [0.25, 0.3) is 11.5 Å². The van der Waals surface area contributed by atoms with Gasteiger partial charge in [-0.15, -0.1) is 0 Å². The van der Waals surface area contributed by atoms with Gasteiger partial charge in [0.1, 0.15) is 5.75 Å². The Balaban J connectivity index is 2.56. The molecule has 0 saturated heterocycles. The van der Waals surface area contributed by atoms with Crippen molar-refractivity contribution < 1.29 is 22.4 Å². The second kappa shape index (κ2) is 4.32. The first-order valence-electron chi connectivity index (χ1n) is 4.97. The minimum absolute atomic E-state index is 0.00421. The highest BCUT2D eigenvalue weighted by atomic mass is 19.4. The van der Waals surface area contributed by atoms with Gasteiger partial charge in [-0.1, -0.05) is 5.16 Å². The van der Waals surface area contributed by atoms with E-state index in [2.05, 4.69) is 10.1 Å². The Morgan fingerprint density at radius 3 is 2.50 bits per heavy atom. The first-order valence-corrected chi connectivity index (χ1v) is 4.97. The second-order valence-electron chi connectivity index (χ2n) is 3.56. The Kier molecular flexibility index (Phi) is 2.98. The van der Waals surface area contributed by atoms with E-state index in [-0.39, 0.29) is 17.2 Å². The van der Waals surface area contributed by atoms with Crippen LogP contribution in [0.2, 0.25) is 0 Å². The number of nitrogens with zero attached hydrogens (tertiary/aromatic N) is 2. The summed E-state index contributed by atoms with van der Waals surface area (Å²) >= 11 is 0. The van der Waals surface area contributed by atoms with Crippen LogP contribution in [0.4, 0.5) is 13.2 Å². The van der Waals surface area contributed by atoms with Gasteiger partial charge in [-0.3, -0.25) is 0 Å². The lowest BCUT2D eigenvalue weighted by atomic mass is 10.1. The van der Waals surface area contributed by atoms with Crippen LogP contribution in [0, 0.1) is 6.92 Å². The topological polar surface area (TPSA) is 48.2 Å². The normalized spacial score (nSPS) is 11.6. The lowest BCUT2D eigenvalue weighted by Crippen LogP contribution is -2.05. The molecule has 1 heterocycles. The van der Waals surface area contributed by atoms with Gasteiger partial charge in [0.25, 0.3) is 5.89 Å². The summed E-state index contributed by atoms with van der Waals surface area (Å²) in [4.78, 5) is 3.89. The third kappa shape index (κ3) is 2.29. The fraction of sp³-hybridized carbons (Fsp3) is 0.273. The molecule has 2 aromatic rings. The summed E-state index contributed by atoms with van der Waals surface area (Å²) in [6.07, 6.45) is -4.43. The summed E-state index contributed by atoms with van der Waals surface area (Å²) in [7, 11) is 1.36. The zero-order valence-corrected chi connectivity index (χ0v) is 9.58. The number of methoxy groups -OCH3 is 1. The molecule has 2 rings (SSSR count). The summed E-state index contributed by atoms with van der Waals surface area (Å²) < 4.78 is 47.7. The van der Waals surface area contributed by atoms with Gasteiger partial charge in [-0.2, -0.15) is 18.2 Å². The van der Waals surface area contributed by atoms with E-state index in [1.165, 1.54) is 13.2 Å². The summed E-state index contributed by atoms with van der Waals surface area (Å²) in [6, 6.07) is 3.08. The number of alkyl halides is 3. The molecule has 0 fully saturated rings. The fourth-order valence-electron chi connectivity index (χ4n) is 1.46. The number of hydrogen-bond donors (Lipinski definition) is 0. The summed E-state index contributed by atoms with van der Waals surface area (Å²) in [5, 5.41) is 3.54. The molecule has 0 spiro atoms. The minimum Gasteiger partial charge on any atom is -0.496 e. The van der Waals surface area contributed by atoms with E-state index in [0.29, 0.717) is 5.82 Å². The van der Waals surface area contributed by atoms with Crippen LogP contribution in [-0.4, -0.2) is 17.3 Å². The molecule has 0 radical (unpaired) electrons. The largest absolute Gasteiger partial charge is 0.496 e. The highest BCUT2D eigenvalue weighted by molar-refractivity contribution is 5.64. The molecule has 0 aliphatic heterocycles. The van der Waals surface area contributed by atoms with Crippen molar-refractivity contribution in [2.45, 2.75) is 13.1 Å². The van der Waals surface area contributed by atoms with Gasteiger partial charge in [0.15, 0.2) is 5.82 Å². The molecule has 0 bridgehead atoms. The van der Waals surface area contributed by atoms with E-state index in [0.717, 1.165) is 12.1 Å². The van der Waals surface area contributed by atoms with E-state index < -0.39 is 11.7 Å². The molecule has 1 aromatic carbocycles. The number of halogens is 3. The molecule has 0 aliphatic carbocycles. The maximum absolute atomic E-state index is 12.6. The van der Waals surface area contributed by atoms with Gasteiger partial charge in [0.2, 0.25) is 0 Å². The SMILES string of the molecule is COc1ccc(C(F)(F)F)cc1-c1nc(C)no1. The molecule has 0 amide bonds. The molecule has 0 N–H and O–H groups in total. The van der Waals surface area contributed by atoms with Crippen LogP contribution < -0.4 is 4.74 Å².